The topological polar surface area (TPSA) is 9.23 Å². The summed E-state index contributed by atoms with van der Waals surface area (Å²) in [4.78, 5) is 0. The van der Waals surface area contributed by atoms with Gasteiger partial charge in [-0.1, -0.05) is 0 Å². The Morgan fingerprint density at radius 2 is 2.00 bits per heavy atom. The van der Waals surface area contributed by atoms with Crippen molar-refractivity contribution in [3.8, 4) is 0 Å². The van der Waals surface area contributed by atoms with E-state index in [4.69, 9.17) is 4.74 Å². The summed E-state index contributed by atoms with van der Waals surface area (Å²) in [5.41, 5.74) is 0. The quantitative estimate of drug-likeness (QED) is 0.468. The molecule has 8 heavy (non-hydrogen) atoms. The predicted molar refractivity (Wildman–Crippen MR) is 42.4 cm³/mol. The molecule has 1 fully saturated rings. The zero-order valence-corrected chi connectivity index (χ0v) is 14.1. The van der Waals surface area contributed by atoms with Crippen molar-refractivity contribution in [1.82, 2.24) is 0 Å². The van der Waals surface area contributed by atoms with Crippen LogP contribution in [-0.4, -0.2) is 42.9 Å². The van der Waals surface area contributed by atoms with E-state index in [1.165, 1.54) is 19.3 Å². The third-order valence-electron chi connectivity index (χ3n) is 1.67. The van der Waals surface area contributed by atoms with Gasteiger partial charge in [-0.3, -0.25) is 0 Å². The van der Waals surface area contributed by atoms with Crippen LogP contribution >= 0.6 is 0 Å². The Morgan fingerprint density at radius 3 is 2.25 bits per heavy atom. The minimum atomic E-state index is 0.554. The van der Waals surface area contributed by atoms with Gasteiger partial charge >= 0.3 is 66.9 Å². The van der Waals surface area contributed by atoms with Gasteiger partial charge < -0.3 is 0 Å². The van der Waals surface area contributed by atoms with E-state index in [9.17, 15) is 0 Å². The van der Waals surface area contributed by atoms with Gasteiger partial charge in [-0.05, 0) is 0 Å². The predicted octanol–water partition coefficient (Wildman–Crippen LogP) is -1.43. The Hall–Kier alpha value is 1.05. The van der Waals surface area contributed by atoms with Gasteiger partial charge in [0.2, 0.25) is 0 Å². The molecule has 0 aromatic heterocycles. The molecule has 0 amide bonds. The van der Waals surface area contributed by atoms with Crippen LogP contribution in [0.1, 0.15) is 19.3 Å². The molecule has 0 spiro atoms. The molecule has 1 saturated heterocycles. The van der Waals surface area contributed by atoms with E-state index in [1.807, 2.05) is 0 Å². The molecule has 0 aliphatic carbocycles. The molecule has 0 bridgehead atoms. The number of hydrogen-bond donors (Lipinski definition) is 0. The molecule has 0 radical (unpaired) electrons. The Balaban J connectivity index is 2.33. The summed E-state index contributed by atoms with van der Waals surface area (Å²) >= 11 is 1.86. The number of ether oxygens (including phenoxy) is 1. The molecule has 1 rings (SSSR count). The third-order valence-corrected chi connectivity index (χ3v) is 4.98. The fourth-order valence-corrected chi connectivity index (χ4v) is 3.41. The van der Waals surface area contributed by atoms with Crippen LogP contribution in [-0.2, 0) is 4.74 Å². The van der Waals surface area contributed by atoms with Crippen LogP contribution < -0.4 is 0 Å². The first-order valence-corrected chi connectivity index (χ1v) is 7.54. The van der Waals surface area contributed by atoms with Gasteiger partial charge in [0.25, 0.3) is 0 Å². The molecule has 1 heterocycles. The Morgan fingerprint density at radius 1 is 1.25 bits per heavy atom. The van der Waals surface area contributed by atoms with Crippen molar-refractivity contribution in [2.75, 3.05) is 6.61 Å². The molecule has 0 unspecified atom stereocenters. The molecule has 48 valence electrons. The third kappa shape index (κ3) is 2.11. The van der Waals surface area contributed by atoms with Gasteiger partial charge in [-0.2, -0.15) is 0 Å². The average molecular weight is 235 g/mol. The van der Waals surface area contributed by atoms with Crippen molar-refractivity contribution in [1.29, 1.82) is 0 Å². The van der Waals surface area contributed by atoms with Crippen LogP contribution in [0.15, 0.2) is 0 Å². The van der Waals surface area contributed by atoms with Crippen LogP contribution in [0.4, 0.5) is 0 Å². The SMILES string of the molecule is [GeH3][C]1([GeH3])CCCCO1. The van der Waals surface area contributed by atoms with Crippen molar-refractivity contribution in [2.45, 2.75) is 22.5 Å². The standard InChI is InChI=1S/C5H14Ge2O/c6-5(7)3-1-2-4-8-5/h1-4H2,6-7H3. The van der Waals surface area contributed by atoms with Crippen molar-refractivity contribution >= 4 is 33.0 Å². The Bertz CT molecular complexity index is 74.5. The number of hydrogen-bond acceptors (Lipinski definition) is 1. The van der Waals surface area contributed by atoms with E-state index in [0.717, 1.165) is 39.6 Å². The van der Waals surface area contributed by atoms with Gasteiger partial charge in [-0.25, -0.2) is 0 Å². The molecule has 1 aliphatic rings. The van der Waals surface area contributed by atoms with Gasteiger partial charge in [0.15, 0.2) is 0 Å². The summed E-state index contributed by atoms with van der Waals surface area (Å²) in [5.74, 6) is 0. The van der Waals surface area contributed by atoms with Crippen molar-refractivity contribution < 1.29 is 4.74 Å². The van der Waals surface area contributed by atoms with E-state index in [0.29, 0.717) is 3.27 Å². The second-order valence-corrected chi connectivity index (χ2v) is 20.7. The first-order chi connectivity index (χ1) is 3.71. The summed E-state index contributed by atoms with van der Waals surface area (Å²) in [6.45, 7) is 1.06. The molecule has 0 N–H and O–H groups in total. The summed E-state index contributed by atoms with van der Waals surface area (Å²) in [6.07, 6.45) is 4.14. The Labute approximate surface area is 67.0 Å². The molecule has 3 heteroatoms. The monoisotopic (exact) mass is 238 g/mol. The normalized spacial score (nSPS) is 40.5. The molecule has 0 saturated carbocycles. The second-order valence-electron chi connectivity index (χ2n) is 3.07. The summed E-state index contributed by atoms with van der Waals surface area (Å²) in [7, 11) is 0. The van der Waals surface area contributed by atoms with Crippen molar-refractivity contribution in [3.63, 3.8) is 0 Å². The van der Waals surface area contributed by atoms with Gasteiger partial charge in [0.1, 0.15) is 0 Å². The Kier molecular flexibility index (Phi) is 2.46. The molecule has 0 atom stereocenters. The zero-order valence-electron chi connectivity index (χ0n) is 5.74. The van der Waals surface area contributed by atoms with E-state index in [2.05, 4.69) is 0 Å². The fraction of sp³-hybridized carbons (Fsp3) is 1.00. The van der Waals surface area contributed by atoms with Crippen molar-refractivity contribution in [3.05, 3.63) is 0 Å². The van der Waals surface area contributed by atoms with Crippen LogP contribution in [0.3, 0.4) is 0 Å². The number of rotatable bonds is 0. The summed E-state index contributed by atoms with van der Waals surface area (Å²) in [6, 6.07) is 0. The molecule has 1 nitrogen and oxygen atoms in total. The molecular weight excluding hydrogens is 221 g/mol. The average Bonchev–Trinajstić information content (AvgIpc) is 1.65. The molecule has 0 aromatic rings. The maximum absolute atomic E-state index is 5.63. The van der Waals surface area contributed by atoms with E-state index in [1.54, 1.807) is 0 Å². The van der Waals surface area contributed by atoms with E-state index >= 15 is 0 Å². The van der Waals surface area contributed by atoms with Gasteiger partial charge in [0.05, 0.1) is 0 Å². The first-order valence-electron chi connectivity index (χ1n) is 3.35. The fourth-order valence-electron chi connectivity index (χ4n) is 1.07. The van der Waals surface area contributed by atoms with E-state index < -0.39 is 0 Å². The van der Waals surface area contributed by atoms with Gasteiger partial charge in [0, 0.05) is 0 Å². The second kappa shape index (κ2) is 2.75. The van der Waals surface area contributed by atoms with Crippen LogP contribution in [0, 0.1) is 0 Å². The molecular formula is C5H14Ge2O. The summed E-state index contributed by atoms with van der Waals surface area (Å²) < 4.78 is 6.19. The molecule has 0 aromatic carbocycles. The molecule has 1 aliphatic heterocycles. The zero-order chi connectivity index (χ0) is 6.04. The van der Waals surface area contributed by atoms with Crippen LogP contribution in [0.2, 0.25) is 0 Å². The minimum absolute atomic E-state index is 0.554. The van der Waals surface area contributed by atoms with Gasteiger partial charge in [-0.15, -0.1) is 0 Å². The van der Waals surface area contributed by atoms with Crippen molar-refractivity contribution in [2.24, 2.45) is 0 Å². The van der Waals surface area contributed by atoms with Crippen LogP contribution in [0.5, 0.6) is 0 Å². The maximum atomic E-state index is 5.63. The van der Waals surface area contributed by atoms with Crippen LogP contribution in [0.25, 0.3) is 0 Å². The van der Waals surface area contributed by atoms with E-state index in [-0.39, 0.29) is 0 Å². The first kappa shape index (κ1) is 7.16. The summed E-state index contributed by atoms with van der Waals surface area (Å²) in [5, 5.41) is 0.